The van der Waals surface area contributed by atoms with Crippen LogP contribution >= 0.6 is 11.8 Å². The monoisotopic (exact) mass is 336 g/mol. The summed E-state index contributed by atoms with van der Waals surface area (Å²) < 4.78 is 66.4. The van der Waals surface area contributed by atoms with Gasteiger partial charge in [-0.3, -0.25) is 4.79 Å². The van der Waals surface area contributed by atoms with E-state index in [-0.39, 0.29) is 18.3 Å². The van der Waals surface area contributed by atoms with Crippen LogP contribution in [0, 0.1) is 0 Å². The topological polar surface area (TPSA) is 26.3 Å². The van der Waals surface area contributed by atoms with Crippen molar-refractivity contribution in [3.05, 3.63) is 0 Å². The van der Waals surface area contributed by atoms with E-state index in [0.717, 1.165) is 11.8 Å². The molecule has 21 heavy (non-hydrogen) atoms. The highest BCUT2D eigenvalue weighted by Gasteiger charge is 2.56. The second-order valence-corrected chi connectivity index (χ2v) is 6.25. The van der Waals surface area contributed by atoms with E-state index in [9.17, 15) is 26.7 Å². The number of thioether (sulfide) groups is 1. The maximum absolute atomic E-state index is 12.7. The normalized spacial score (nSPS) is 14.3. The highest BCUT2D eigenvalue weighted by molar-refractivity contribution is 8.00. The third-order valence-corrected chi connectivity index (χ3v) is 3.89. The first-order valence-electron chi connectivity index (χ1n) is 6.78. The SMILES string of the molecule is CCCC(SCCCC(F)(F)C(F)(F)F)C(=O)OC(C)C. The third-order valence-electron chi connectivity index (χ3n) is 2.53. The maximum atomic E-state index is 12.7. The molecule has 0 amide bonds. The van der Waals surface area contributed by atoms with Gasteiger partial charge in [-0.2, -0.15) is 22.0 Å². The van der Waals surface area contributed by atoms with Crippen molar-refractivity contribution in [1.82, 2.24) is 0 Å². The van der Waals surface area contributed by atoms with Gasteiger partial charge >= 0.3 is 18.1 Å². The Labute approximate surface area is 125 Å². The summed E-state index contributed by atoms with van der Waals surface area (Å²) in [4.78, 5) is 11.7. The molecule has 0 heterocycles. The van der Waals surface area contributed by atoms with E-state index in [1.807, 2.05) is 6.92 Å². The zero-order valence-electron chi connectivity index (χ0n) is 12.3. The van der Waals surface area contributed by atoms with Gasteiger partial charge in [0.1, 0.15) is 5.25 Å². The lowest BCUT2D eigenvalue weighted by molar-refractivity contribution is -0.284. The van der Waals surface area contributed by atoms with Crippen LogP contribution in [0.3, 0.4) is 0 Å². The van der Waals surface area contributed by atoms with Gasteiger partial charge in [0.2, 0.25) is 0 Å². The lowest BCUT2D eigenvalue weighted by Gasteiger charge is -2.20. The largest absolute Gasteiger partial charge is 0.462 e. The van der Waals surface area contributed by atoms with E-state index < -0.39 is 29.7 Å². The minimum Gasteiger partial charge on any atom is -0.462 e. The van der Waals surface area contributed by atoms with Gasteiger partial charge in [0, 0.05) is 6.42 Å². The number of alkyl halides is 5. The quantitative estimate of drug-likeness (QED) is 0.343. The Bertz CT molecular complexity index is 318. The van der Waals surface area contributed by atoms with Crippen molar-refractivity contribution in [1.29, 1.82) is 0 Å². The summed E-state index contributed by atoms with van der Waals surface area (Å²) in [7, 11) is 0. The van der Waals surface area contributed by atoms with E-state index in [0.29, 0.717) is 12.8 Å². The molecular formula is C13H21F5O2S. The molecule has 0 saturated carbocycles. The fourth-order valence-electron chi connectivity index (χ4n) is 1.50. The lowest BCUT2D eigenvalue weighted by atomic mass is 10.2. The fraction of sp³-hybridized carbons (Fsp3) is 0.923. The van der Waals surface area contributed by atoms with Gasteiger partial charge in [-0.15, -0.1) is 11.8 Å². The van der Waals surface area contributed by atoms with Crippen LogP contribution in [-0.4, -0.2) is 35.2 Å². The number of carbonyl (C=O) groups is 1. The fourth-order valence-corrected chi connectivity index (χ4v) is 2.69. The van der Waals surface area contributed by atoms with Gasteiger partial charge in [0.05, 0.1) is 6.10 Å². The highest BCUT2D eigenvalue weighted by atomic mass is 32.2. The first-order chi connectivity index (χ1) is 9.51. The van der Waals surface area contributed by atoms with E-state index in [1.54, 1.807) is 13.8 Å². The van der Waals surface area contributed by atoms with Crippen LogP contribution in [0.25, 0.3) is 0 Å². The van der Waals surface area contributed by atoms with E-state index in [4.69, 9.17) is 4.74 Å². The van der Waals surface area contributed by atoms with Gasteiger partial charge in [-0.1, -0.05) is 13.3 Å². The lowest BCUT2D eigenvalue weighted by Crippen LogP contribution is -2.36. The molecule has 0 saturated heterocycles. The zero-order valence-corrected chi connectivity index (χ0v) is 13.1. The Morgan fingerprint density at radius 1 is 1.19 bits per heavy atom. The summed E-state index contributed by atoms with van der Waals surface area (Å²) in [5, 5.41) is -0.517. The van der Waals surface area contributed by atoms with Crippen LogP contribution in [0.1, 0.15) is 46.5 Å². The minimum atomic E-state index is -5.52. The molecular weight excluding hydrogens is 315 g/mol. The second kappa shape index (κ2) is 8.80. The van der Waals surface area contributed by atoms with Crippen molar-refractivity contribution in [2.45, 2.75) is 69.9 Å². The molecule has 0 spiro atoms. The van der Waals surface area contributed by atoms with Crippen molar-refractivity contribution in [3.8, 4) is 0 Å². The standard InChI is InChI=1S/C13H21F5O2S/c1-4-6-10(11(19)20-9(2)3)21-8-5-7-12(14,15)13(16,17)18/h9-10H,4-8H2,1-3H3. The number of hydrogen-bond donors (Lipinski definition) is 0. The third kappa shape index (κ3) is 7.87. The predicted octanol–water partition coefficient (Wildman–Crippen LogP) is 4.82. The molecule has 0 aliphatic heterocycles. The molecule has 0 aliphatic carbocycles. The van der Waals surface area contributed by atoms with Gasteiger partial charge in [-0.25, -0.2) is 0 Å². The summed E-state index contributed by atoms with van der Waals surface area (Å²) in [6.07, 6.45) is -6.17. The number of rotatable bonds is 9. The van der Waals surface area contributed by atoms with E-state index in [2.05, 4.69) is 0 Å². The number of hydrogen-bond acceptors (Lipinski definition) is 3. The molecule has 126 valence electrons. The second-order valence-electron chi connectivity index (χ2n) is 4.94. The molecule has 0 aliphatic rings. The molecule has 0 aromatic heterocycles. The van der Waals surface area contributed by atoms with Crippen molar-refractivity contribution in [3.63, 3.8) is 0 Å². The summed E-state index contributed by atoms with van der Waals surface area (Å²) in [6.45, 7) is 5.24. The molecule has 0 N–H and O–H groups in total. The van der Waals surface area contributed by atoms with Crippen LogP contribution in [0.2, 0.25) is 0 Å². The smallest absolute Gasteiger partial charge is 0.453 e. The molecule has 0 bridgehead atoms. The number of carbonyl (C=O) groups excluding carboxylic acids is 1. The van der Waals surface area contributed by atoms with Gasteiger partial charge < -0.3 is 4.74 Å². The summed E-state index contributed by atoms with van der Waals surface area (Å²) in [5.41, 5.74) is 0. The zero-order chi connectivity index (χ0) is 16.7. The number of esters is 1. The van der Waals surface area contributed by atoms with Crippen LogP contribution in [0.5, 0.6) is 0 Å². The van der Waals surface area contributed by atoms with Gasteiger partial charge in [0.25, 0.3) is 0 Å². The summed E-state index contributed by atoms with van der Waals surface area (Å²) in [5.74, 6) is -5.06. The Kier molecular flexibility index (Phi) is 8.58. The van der Waals surface area contributed by atoms with E-state index >= 15 is 0 Å². The first-order valence-corrected chi connectivity index (χ1v) is 7.82. The molecule has 0 fully saturated rings. The van der Waals surface area contributed by atoms with Crippen molar-refractivity contribution in [2.24, 2.45) is 0 Å². The Morgan fingerprint density at radius 2 is 1.76 bits per heavy atom. The summed E-state index contributed by atoms with van der Waals surface area (Å²) >= 11 is 1.07. The van der Waals surface area contributed by atoms with Crippen molar-refractivity contribution >= 4 is 17.7 Å². The highest BCUT2D eigenvalue weighted by Crippen LogP contribution is 2.39. The number of halogens is 5. The van der Waals surface area contributed by atoms with Gasteiger partial charge in [0.15, 0.2) is 0 Å². The molecule has 1 atom stereocenters. The average Bonchev–Trinajstić information content (AvgIpc) is 2.30. The number of ether oxygens (including phenoxy) is 1. The van der Waals surface area contributed by atoms with Crippen LogP contribution in [0.4, 0.5) is 22.0 Å². The van der Waals surface area contributed by atoms with Crippen molar-refractivity contribution in [2.75, 3.05) is 5.75 Å². The van der Waals surface area contributed by atoms with Crippen LogP contribution < -0.4 is 0 Å². The molecule has 2 nitrogen and oxygen atoms in total. The van der Waals surface area contributed by atoms with Crippen molar-refractivity contribution < 1.29 is 31.5 Å². The molecule has 0 aromatic rings. The average molecular weight is 336 g/mol. The molecule has 0 aromatic carbocycles. The van der Waals surface area contributed by atoms with E-state index in [1.165, 1.54) is 0 Å². The Balaban J connectivity index is 4.24. The predicted molar refractivity (Wildman–Crippen MR) is 72.6 cm³/mol. The molecule has 8 heteroatoms. The van der Waals surface area contributed by atoms with Gasteiger partial charge in [-0.05, 0) is 32.4 Å². The maximum Gasteiger partial charge on any atom is 0.453 e. The Hall–Kier alpha value is -0.530. The molecule has 0 radical (unpaired) electrons. The molecule has 1 unspecified atom stereocenters. The summed E-state index contributed by atoms with van der Waals surface area (Å²) in [6, 6.07) is 0. The first kappa shape index (κ1) is 20.5. The van der Waals surface area contributed by atoms with Crippen LogP contribution in [0.15, 0.2) is 0 Å². The van der Waals surface area contributed by atoms with Crippen LogP contribution in [-0.2, 0) is 9.53 Å². The minimum absolute atomic E-state index is 0.0591. The Morgan fingerprint density at radius 3 is 2.19 bits per heavy atom. The molecule has 0 rings (SSSR count).